The van der Waals surface area contributed by atoms with Crippen LogP contribution in [-0.4, -0.2) is 35.1 Å². The molecular formula is C13H18ClN3. The van der Waals surface area contributed by atoms with E-state index in [1.807, 2.05) is 28.1 Å². The molecule has 0 radical (unpaired) electrons. The molecule has 2 rings (SSSR count). The fourth-order valence-corrected chi connectivity index (χ4v) is 2.37. The molecule has 0 saturated heterocycles. The van der Waals surface area contributed by atoms with Gasteiger partial charge in [-0.1, -0.05) is 6.07 Å². The van der Waals surface area contributed by atoms with E-state index in [1.165, 1.54) is 0 Å². The summed E-state index contributed by atoms with van der Waals surface area (Å²) in [4.78, 5) is 6.61. The predicted octanol–water partition coefficient (Wildman–Crippen LogP) is 2.72. The SMILES string of the molecule is Cc1nc2cc(C(Cl)CN(C)C)ccc2n1C. The van der Waals surface area contributed by atoms with Crippen LogP contribution in [0, 0.1) is 6.92 Å². The monoisotopic (exact) mass is 251 g/mol. The summed E-state index contributed by atoms with van der Waals surface area (Å²) in [6.45, 7) is 2.84. The van der Waals surface area contributed by atoms with Gasteiger partial charge in [-0.15, -0.1) is 11.6 Å². The van der Waals surface area contributed by atoms with E-state index in [1.54, 1.807) is 0 Å². The van der Waals surface area contributed by atoms with E-state index >= 15 is 0 Å². The second-order valence-corrected chi connectivity index (χ2v) is 5.22. The third kappa shape index (κ3) is 2.45. The van der Waals surface area contributed by atoms with E-state index in [-0.39, 0.29) is 5.38 Å². The van der Waals surface area contributed by atoms with Gasteiger partial charge in [0, 0.05) is 13.6 Å². The van der Waals surface area contributed by atoms with Gasteiger partial charge in [0.05, 0.1) is 16.4 Å². The first-order chi connectivity index (χ1) is 7.99. The fourth-order valence-electron chi connectivity index (χ4n) is 1.96. The van der Waals surface area contributed by atoms with Crippen LogP contribution in [0.25, 0.3) is 11.0 Å². The average molecular weight is 252 g/mol. The van der Waals surface area contributed by atoms with Gasteiger partial charge in [0.1, 0.15) is 5.82 Å². The lowest BCUT2D eigenvalue weighted by atomic mass is 10.1. The lowest BCUT2D eigenvalue weighted by molar-refractivity contribution is 0.408. The Morgan fingerprint density at radius 3 is 2.76 bits per heavy atom. The van der Waals surface area contributed by atoms with Gasteiger partial charge in [0.25, 0.3) is 0 Å². The maximum absolute atomic E-state index is 6.37. The number of fused-ring (bicyclic) bond motifs is 1. The minimum absolute atomic E-state index is 0.0108. The number of aromatic nitrogens is 2. The van der Waals surface area contributed by atoms with Crippen molar-refractivity contribution in [3.05, 3.63) is 29.6 Å². The number of nitrogens with zero attached hydrogens (tertiary/aromatic N) is 3. The number of hydrogen-bond acceptors (Lipinski definition) is 2. The highest BCUT2D eigenvalue weighted by atomic mass is 35.5. The van der Waals surface area contributed by atoms with Gasteiger partial charge in [-0.3, -0.25) is 0 Å². The Labute approximate surface area is 107 Å². The molecule has 0 aliphatic heterocycles. The molecule has 17 heavy (non-hydrogen) atoms. The average Bonchev–Trinajstić information content (AvgIpc) is 2.53. The van der Waals surface area contributed by atoms with E-state index in [0.29, 0.717) is 0 Å². The standard InChI is InChI=1S/C13H18ClN3/c1-9-15-12-7-10(11(14)8-16(2)3)5-6-13(12)17(9)4/h5-7,11H,8H2,1-4H3. The van der Waals surface area contributed by atoms with Crippen LogP contribution in [0.5, 0.6) is 0 Å². The van der Waals surface area contributed by atoms with Crippen LogP contribution in [-0.2, 0) is 7.05 Å². The third-order valence-corrected chi connectivity index (χ3v) is 3.41. The zero-order valence-corrected chi connectivity index (χ0v) is 11.5. The van der Waals surface area contributed by atoms with Crippen LogP contribution >= 0.6 is 11.6 Å². The topological polar surface area (TPSA) is 21.1 Å². The lowest BCUT2D eigenvalue weighted by Crippen LogP contribution is -2.17. The highest BCUT2D eigenvalue weighted by molar-refractivity contribution is 6.21. The van der Waals surface area contributed by atoms with Crippen LogP contribution in [0.1, 0.15) is 16.8 Å². The summed E-state index contributed by atoms with van der Waals surface area (Å²) in [5.74, 6) is 1.02. The second kappa shape index (κ2) is 4.67. The lowest BCUT2D eigenvalue weighted by Gasteiger charge is -2.15. The molecule has 2 aromatic rings. The van der Waals surface area contributed by atoms with E-state index in [9.17, 15) is 0 Å². The number of likely N-dealkylation sites (N-methyl/N-ethyl adjacent to an activating group) is 1. The first kappa shape index (κ1) is 12.4. The van der Waals surface area contributed by atoms with Crippen molar-refractivity contribution in [2.75, 3.05) is 20.6 Å². The smallest absolute Gasteiger partial charge is 0.106 e. The predicted molar refractivity (Wildman–Crippen MR) is 72.6 cm³/mol. The third-order valence-electron chi connectivity index (χ3n) is 3.02. The van der Waals surface area contributed by atoms with Crippen molar-refractivity contribution in [3.8, 4) is 0 Å². The van der Waals surface area contributed by atoms with Gasteiger partial charge < -0.3 is 9.47 Å². The summed E-state index contributed by atoms with van der Waals surface area (Å²) in [6, 6.07) is 6.27. The van der Waals surface area contributed by atoms with Gasteiger partial charge in [-0.2, -0.15) is 0 Å². The molecule has 0 spiro atoms. The first-order valence-electron chi connectivity index (χ1n) is 5.71. The van der Waals surface area contributed by atoms with Crippen molar-refractivity contribution in [2.24, 2.45) is 7.05 Å². The highest BCUT2D eigenvalue weighted by Gasteiger charge is 2.11. The van der Waals surface area contributed by atoms with Gasteiger partial charge in [-0.25, -0.2) is 4.98 Å². The van der Waals surface area contributed by atoms with E-state index in [2.05, 4.69) is 32.7 Å². The molecule has 0 bridgehead atoms. The first-order valence-corrected chi connectivity index (χ1v) is 6.14. The Hall–Kier alpha value is -1.06. The summed E-state index contributed by atoms with van der Waals surface area (Å²) in [7, 11) is 6.08. The van der Waals surface area contributed by atoms with Crippen LogP contribution in [0.4, 0.5) is 0 Å². The molecular weight excluding hydrogens is 234 g/mol. The zero-order valence-electron chi connectivity index (χ0n) is 10.7. The number of rotatable bonds is 3. The normalized spacial score (nSPS) is 13.5. The van der Waals surface area contributed by atoms with E-state index < -0.39 is 0 Å². The Kier molecular flexibility index (Phi) is 3.40. The van der Waals surface area contributed by atoms with Crippen molar-refractivity contribution in [2.45, 2.75) is 12.3 Å². The number of aryl methyl sites for hydroxylation is 2. The maximum Gasteiger partial charge on any atom is 0.106 e. The van der Waals surface area contributed by atoms with Crippen LogP contribution < -0.4 is 0 Å². The van der Waals surface area contributed by atoms with Crippen molar-refractivity contribution >= 4 is 22.6 Å². The summed E-state index contributed by atoms with van der Waals surface area (Å²) in [5.41, 5.74) is 3.30. The number of imidazole rings is 1. The highest BCUT2D eigenvalue weighted by Crippen LogP contribution is 2.25. The molecule has 3 nitrogen and oxygen atoms in total. The van der Waals surface area contributed by atoms with Gasteiger partial charge in [-0.05, 0) is 38.7 Å². The van der Waals surface area contributed by atoms with Gasteiger partial charge >= 0.3 is 0 Å². The summed E-state index contributed by atoms with van der Waals surface area (Å²) in [6.07, 6.45) is 0. The summed E-state index contributed by atoms with van der Waals surface area (Å²) < 4.78 is 2.09. The van der Waals surface area contributed by atoms with Crippen molar-refractivity contribution in [3.63, 3.8) is 0 Å². The molecule has 0 fully saturated rings. The Morgan fingerprint density at radius 1 is 1.41 bits per heavy atom. The Balaban J connectivity index is 2.38. The Morgan fingerprint density at radius 2 is 2.12 bits per heavy atom. The van der Waals surface area contributed by atoms with Crippen LogP contribution in [0.15, 0.2) is 18.2 Å². The molecule has 92 valence electrons. The van der Waals surface area contributed by atoms with E-state index in [4.69, 9.17) is 11.6 Å². The number of alkyl halides is 1. The molecule has 4 heteroatoms. The molecule has 1 aromatic heterocycles. The van der Waals surface area contributed by atoms with E-state index in [0.717, 1.165) is 29.0 Å². The number of benzene rings is 1. The molecule has 1 atom stereocenters. The maximum atomic E-state index is 6.37. The minimum Gasteiger partial charge on any atom is -0.331 e. The molecule has 0 saturated carbocycles. The molecule has 1 aromatic carbocycles. The zero-order chi connectivity index (χ0) is 12.6. The number of halogens is 1. The molecule has 0 aliphatic rings. The van der Waals surface area contributed by atoms with Crippen molar-refractivity contribution in [1.82, 2.24) is 14.5 Å². The quantitative estimate of drug-likeness (QED) is 0.783. The fraction of sp³-hybridized carbons (Fsp3) is 0.462. The molecule has 1 heterocycles. The largest absolute Gasteiger partial charge is 0.331 e. The summed E-state index contributed by atoms with van der Waals surface area (Å²) >= 11 is 6.37. The molecule has 0 N–H and O–H groups in total. The second-order valence-electron chi connectivity index (χ2n) is 4.70. The molecule has 0 amide bonds. The van der Waals surface area contributed by atoms with Gasteiger partial charge in [0.15, 0.2) is 0 Å². The van der Waals surface area contributed by atoms with Crippen molar-refractivity contribution < 1.29 is 0 Å². The van der Waals surface area contributed by atoms with Crippen molar-refractivity contribution in [1.29, 1.82) is 0 Å². The van der Waals surface area contributed by atoms with Crippen LogP contribution in [0.2, 0.25) is 0 Å². The number of hydrogen-bond donors (Lipinski definition) is 0. The summed E-state index contributed by atoms with van der Waals surface area (Å²) in [5, 5.41) is 0.0108. The Bertz CT molecular complexity index is 531. The minimum atomic E-state index is 0.0108. The van der Waals surface area contributed by atoms with Crippen LogP contribution in [0.3, 0.4) is 0 Å². The molecule has 0 aliphatic carbocycles. The van der Waals surface area contributed by atoms with Gasteiger partial charge in [0.2, 0.25) is 0 Å². The molecule has 1 unspecified atom stereocenters.